The zero-order valence-electron chi connectivity index (χ0n) is 22.3. The summed E-state index contributed by atoms with van der Waals surface area (Å²) in [6, 6.07) is 41.6. The summed E-state index contributed by atoms with van der Waals surface area (Å²) in [6.45, 7) is 0. The lowest BCUT2D eigenvalue weighted by atomic mass is 9.85. The van der Waals surface area contributed by atoms with Crippen molar-refractivity contribution in [2.75, 3.05) is 10.6 Å². The Balaban J connectivity index is 1.29. The molecule has 40 heavy (non-hydrogen) atoms. The standard InChI is InChI=1S/C37H30N2O/c1-4-13-31-24(8-1)17-19-27-22-29(20-21-33(27)38-31)36(35-23-28-10-3-6-15-34(28)40-35)30-12-7-11-26-18-16-25-9-2-5-14-32(25)39-37(26)30/h1-15,20-23,36,38-39H,16-19H2. The van der Waals surface area contributed by atoms with Gasteiger partial charge in [0.25, 0.3) is 0 Å². The molecular weight excluding hydrogens is 488 g/mol. The number of hydrogen-bond acceptors (Lipinski definition) is 3. The third-order valence-electron chi connectivity index (χ3n) is 8.58. The Bertz CT molecular complexity index is 1850. The fraction of sp³-hybridized carbons (Fsp3) is 0.135. The third-order valence-corrected chi connectivity index (χ3v) is 8.58. The van der Waals surface area contributed by atoms with E-state index < -0.39 is 0 Å². The van der Waals surface area contributed by atoms with Gasteiger partial charge in [0.1, 0.15) is 11.3 Å². The highest BCUT2D eigenvalue weighted by molar-refractivity contribution is 5.79. The van der Waals surface area contributed by atoms with E-state index >= 15 is 0 Å². The molecule has 0 bridgehead atoms. The number of nitrogens with one attached hydrogen (secondary N) is 2. The van der Waals surface area contributed by atoms with Crippen LogP contribution in [0, 0.1) is 0 Å². The van der Waals surface area contributed by atoms with Gasteiger partial charge in [-0.3, -0.25) is 0 Å². The molecule has 194 valence electrons. The van der Waals surface area contributed by atoms with Gasteiger partial charge in [0.05, 0.1) is 5.92 Å². The first-order chi connectivity index (χ1) is 19.8. The normalized spacial score (nSPS) is 14.4. The van der Waals surface area contributed by atoms with E-state index in [9.17, 15) is 0 Å². The van der Waals surface area contributed by atoms with Crippen molar-refractivity contribution < 1.29 is 4.42 Å². The number of anilines is 4. The van der Waals surface area contributed by atoms with Gasteiger partial charge in [0.2, 0.25) is 0 Å². The van der Waals surface area contributed by atoms with E-state index in [-0.39, 0.29) is 5.92 Å². The lowest BCUT2D eigenvalue weighted by Crippen LogP contribution is -2.08. The molecule has 2 aliphatic heterocycles. The molecule has 0 aliphatic carbocycles. The van der Waals surface area contributed by atoms with Gasteiger partial charge in [-0.15, -0.1) is 0 Å². The Morgan fingerprint density at radius 3 is 2.00 bits per heavy atom. The molecule has 0 amide bonds. The van der Waals surface area contributed by atoms with Gasteiger partial charge in [-0.1, -0.05) is 84.9 Å². The number of benzene rings is 5. The molecule has 3 heteroatoms. The van der Waals surface area contributed by atoms with Gasteiger partial charge in [-0.2, -0.15) is 0 Å². The van der Waals surface area contributed by atoms with Crippen LogP contribution in [0.4, 0.5) is 22.7 Å². The second-order valence-corrected chi connectivity index (χ2v) is 11.0. The molecule has 8 rings (SSSR count). The Morgan fingerprint density at radius 2 is 1.18 bits per heavy atom. The molecule has 0 fully saturated rings. The molecule has 3 nitrogen and oxygen atoms in total. The summed E-state index contributed by atoms with van der Waals surface area (Å²) in [7, 11) is 0. The smallest absolute Gasteiger partial charge is 0.134 e. The van der Waals surface area contributed by atoms with Gasteiger partial charge >= 0.3 is 0 Å². The average Bonchev–Trinajstić information content (AvgIpc) is 3.19. The van der Waals surface area contributed by atoms with E-state index in [1.807, 2.05) is 6.07 Å². The van der Waals surface area contributed by atoms with Crippen LogP contribution >= 0.6 is 0 Å². The van der Waals surface area contributed by atoms with Crippen LogP contribution in [-0.4, -0.2) is 0 Å². The molecule has 1 aromatic heterocycles. The Labute approximate surface area is 234 Å². The van der Waals surface area contributed by atoms with Crippen molar-refractivity contribution >= 4 is 33.7 Å². The second-order valence-electron chi connectivity index (χ2n) is 11.0. The van der Waals surface area contributed by atoms with Crippen LogP contribution in [0.25, 0.3) is 11.0 Å². The van der Waals surface area contributed by atoms with Crippen LogP contribution in [0.3, 0.4) is 0 Å². The first-order valence-corrected chi connectivity index (χ1v) is 14.2. The molecule has 1 atom stereocenters. The molecule has 0 radical (unpaired) electrons. The molecule has 2 N–H and O–H groups in total. The molecular formula is C37H30N2O. The minimum atomic E-state index is -0.0453. The SMILES string of the molecule is c1ccc2c(c1)CCc1cc(C(c3cc4ccccc4o3)c3cccc4c3Nc3ccccc3CC4)ccc1N2. The highest BCUT2D eigenvalue weighted by atomic mass is 16.3. The minimum Gasteiger partial charge on any atom is -0.460 e. The maximum atomic E-state index is 6.61. The summed E-state index contributed by atoms with van der Waals surface area (Å²) in [6.07, 6.45) is 4.05. The van der Waals surface area contributed by atoms with Crippen molar-refractivity contribution in [2.45, 2.75) is 31.6 Å². The van der Waals surface area contributed by atoms with E-state index in [2.05, 4.69) is 120 Å². The van der Waals surface area contributed by atoms with Crippen molar-refractivity contribution in [2.24, 2.45) is 0 Å². The zero-order chi connectivity index (χ0) is 26.5. The van der Waals surface area contributed by atoms with Crippen LogP contribution in [0.1, 0.15) is 45.1 Å². The van der Waals surface area contributed by atoms with Crippen LogP contribution in [0.15, 0.2) is 120 Å². The topological polar surface area (TPSA) is 37.2 Å². The predicted octanol–water partition coefficient (Wildman–Crippen LogP) is 9.30. The minimum absolute atomic E-state index is 0.0453. The van der Waals surface area contributed by atoms with E-state index in [4.69, 9.17) is 4.42 Å². The summed E-state index contributed by atoms with van der Waals surface area (Å²) in [5, 5.41) is 8.69. The van der Waals surface area contributed by atoms with Gasteiger partial charge in [-0.05, 0) is 89.4 Å². The van der Waals surface area contributed by atoms with Gasteiger partial charge < -0.3 is 15.1 Å². The number of fused-ring (bicyclic) bond motifs is 5. The van der Waals surface area contributed by atoms with Gasteiger partial charge in [0.15, 0.2) is 0 Å². The zero-order valence-corrected chi connectivity index (χ0v) is 22.3. The summed E-state index contributed by atoms with van der Waals surface area (Å²) in [5.41, 5.74) is 13.6. The van der Waals surface area contributed by atoms with E-state index in [1.54, 1.807) is 0 Å². The lowest BCUT2D eigenvalue weighted by molar-refractivity contribution is 0.542. The van der Waals surface area contributed by atoms with Crippen LogP contribution in [-0.2, 0) is 25.7 Å². The number of hydrogen-bond donors (Lipinski definition) is 2. The van der Waals surface area contributed by atoms with Crippen LogP contribution in [0.2, 0.25) is 0 Å². The molecule has 1 unspecified atom stereocenters. The van der Waals surface area contributed by atoms with Gasteiger partial charge in [0, 0.05) is 28.1 Å². The molecule has 0 saturated heterocycles. The molecule has 2 aliphatic rings. The highest BCUT2D eigenvalue weighted by Crippen LogP contribution is 2.43. The Kier molecular flexibility index (Phi) is 5.48. The lowest BCUT2D eigenvalue weighted by Gasteiger charge is -2.23. The largest absolute Gasteiger partial charge is 0.460 e. The Morgan fingerprint density at radius 1 is 0.525 bits per heavy atom. The summed E-state index contributed by atoms with van der Waals surface area (Å²) in [4.78, 5) is 0. The van der Waals surface area contributed by atoms with E-state index in [1.165, 1.54) is 56.1 Å². The van der Waals surface area contributed by atoms with Crippen molar-refractivity contribution in [3.05, 3.63) is 154 Å². The average molecular weight is 519 g/mol. The quantitative estimate of drug-likeness (QED) is 0.245. The molecule has 0 spiro atoms. The predicted molar refractivity (Wildman–Crippen MR) is 164 cm³/mol. The Hall–Kier alpha value is -4.76. The summed E-state index contributed by atoms with van der Waals surface area (Å²) < 4.78 is 6.61. The first kappa shape index (κ1) is 23.2. The highest BCUT2D eigenvalue weighted by Gasteiger charge is 2.27. The molecule has 3 heterocycles. The number of rotatable bonds is 3. The van der Waals surface area contributed by atoms with Crippen LogP contribution < -0.4 is 10.6 Å². The number of furan rings is 1. The van der Waals surface area contributed by atoms with Crippen molar-refractivity contribution in [3.63, 3.8) is 0 Å². The number of para-hydroxylation sites is 4. The van der Waals surface area contributed by atoms with E-state index in [0.29, 0.717) is 0 Å². The van der Waals surface area contributed by atoms with E-state index in [0.717, 1.165) is 42.4 Å². The maximum absolute atomic E-state index is 6.61. The van der Waals surface area contributed by atoms with Crippen LogP contribution in [0.5, 0.6) is 0 Å². The maximum Gasteiger partial charge on any atom is 0.134 e. The van der Waals surface area contributed by atoms with Crippen molar-refractivity contribution in [3.8, 4) is 0 Å². The summed E-state index contributed by atoms with van der Waals surface area (Å²) in [5.74, 6) is 0.926. The number of aryl methyl sites for hydroxylation is 4. The molecule has 6 aromatic rings. The third kappa shape index (κ3) is 3.97. The van der Waals surface area contributed by atoms with Gasteiger partial charge in [-0.25, -0.2) is 0 Å². The fourth-order valence-electron chi connectivity index (χ4n) is 6.52. The molecule has 5 aromatic carbocycles. The van der Waals surface area contributed by atoms with Crippen molar-refractivity contribution in [1.82, 2.24) is 0 Å². The fourth-order valence-corrected chi connectivity index (χ4v) is 6.52. The monoisotopic (exact) mass is 518 g/mol. The van der Waals surface area contributed by atoms with Crippen molar-refractivity contribution in [1.29, 1.82) is 0 Å². The second kappa shape index (κ2) is 9.46. The first-order valence-electron chi connectivity index (χ1n) is 14.2. The summed E-state index contributed by atoms with van der Waals surface area (Å²) >= 11 is 0. The molecule has 0 saturated carbocycles.